The zero-order valence-electron chi connectivity index (χ0n) is 19.5. The molecular formula is C24H34ClN5O2. The summed E-state index contributed by atoms with van der Waals surface area (Å²) in [5.74, 6) is 1.14. The average Bonchev–Trinajstić information content (AvgIpc) is 2.75. The lowest BCUT2D eigenvalue weighted by Gasteiger charge is -2.50. The van der Waals surface area contributed by atoms with Gasteiger partial charge in [-0.25, -0.2) is 4.68 Å². The van der Waals surface area contributed by atoms with E-state index in [1.807, 2.05) is 12.1 Å². The van der Waals surface area contributed by atoms with E-state index in [1.165, 1.54) is 0 Å². The summed E-state index contributed by atoms with van der Waals surface area (Å²) < 4.78 is 1.09. The standard InChI is InChI=1S/C24H34ClN5O2/c1-14-10-19(15(2)16(3)24(14,4)5)29-20-12-28-30(23(32)22(20)25)13-21(31)27-11-17-6-8-18(26)9-7-17/h6-9,12,14-16,19,29H,10-11,13,26H2,1-5H3,(H,27,31)/t14-,15+,16+,19+/m0/s1. The first kappa shape index (κ1) is 24.1. The molecule has 1 aliphatic carbocycles. The first-order valence-electron chi connectivity index (χ1n) is 11.1. The number of carbonyl (C=O) groups excluding carboxylic acids is 1. The molecule has 1 aromatic carbocycles. The van der Waals surface area contributed by atoms with Crippen LogP contribution in [0.3, 0.4) is 0 Å². The van der Waals surface area contributed by atoms with Crippen molar-refractivity contribution in [3.63, 3.8) is 0 Å². The van der Waals surface area contributed by atoms with Gasteiger partial charge in [0.25, 0.3) is 5.56 Å². The Labute approximate surface area is 194 Å². The summed E-state index contributed by atoms with van der Waals surface area (Å²) in [4.78, 5) is 25.0. The van der Waals surface area contributed by atoms with Crippen molar-refractivity contribution in [3.05, 3.63) is 51.4 Å². The summed E-state index contributed by atoms with van der Waals surface area (Å²) in [6.45, 7) is 11.6. The predicted molar refractivity (Wildman–Crippen MR) is 130 cm³/mol. The summed E-state index contributed by atoms with van der Waals surface area (Å²) >= 11 is 6.39. The minimum absolute atomic E-state index is 0.0590. The van der Waals surface area contributed by atoms with E-state index in [2.05, 4.69) is 50.4 Å². The fourth-order valence-electron chi connectivity index (χ4n) is 4.47. The molecule has 1 amide bonds. The maximum absolute atomic E-state index is 12.7. The molecule has 1 saturated carbocycles. The van der Waals surface area contributed by atoms with Crippen LogP contribution in [0.5, 0.6) is 0 Å². The number of nitrogens with one attached hydrogen (secondary N) is 2. The zero-order valence-corrected chi connectivity index (χ0v) is 20.2. The molecule has 32 heavy (non-hydrogen) atoms. The molecule has 4 atom stereocenters. The van der Waals surface area contributed by atoms with Crippen molar-refractivity contribution in [1.29, 1.82) is 0 Å². The normalized spacial score (nSPS) is 24.7. The molecular weight excluding hydrogens is 426 g/mol. The molecule has 1 heterocycles. The first-order valence-corrected chi connectivity index (χ1v) is 11.5. The summed E-state index contributed by atoms with van der Waals surface area (Å²) in [6, 6.07) is 7.42. The second-order valence-electron chi connectivity index (χ2n) is 9.71. The van der Waals surface area contributed by atoms with Crippen LogP contribution in [-0.4, -0.2) is 21.7 Å². The maximum Gasteiger partial charge on any atom is 0.288 e. The Kier molecular flexibility index (Phi) is 7.18. The molecule has 0 aliphatic heterocycles. The largest absolute Gasteiger partial charge is 0.399 e. The Morgan fingerprint density at radius 2 is 1.91 bits per heavy atom. The van der Waals surface area contributed by atoms with E-state index in [-0.39, 0.29) is 28.9 Å². The van der Waals surface area contributed by atoms with Gasteiger partial charge in [0.1, 0.15) is 11.6 Å². The number of nitrogen functional groups attached to an aromatic ring is 1. The van der Waals surface area contributed by atoms with Crippen molar-refractivity contribution < 1.29 is 4.79 Å². The van der Waals surface area contributed by atoms with E-state index >= 15 is 0 Å². The second-order valence-corrected chi connectivity index (χ2v) is 10.1. The van der Waals surface area contributed by atoms with Gasteiger partial charge in [0, 0.05) is 18.3 Å². The zero-order chi connectivity index (χ0) is 23.6. The van der Waals surface area contributed by atoms with Crippen LogP contribution in [0.4, 0.5) is 11.4 Å². The molecule has 1 aliphatic rings. The number of carbonyl (C=O) groups is 1. The summed E-state index contributed by atoms with van der Waals surface area (Å²) in [6.07, 6.45) is 2.53. The Balaban J connectivity index is 1.65. The number of benzene rings is 1. The number of anilines is 2. The minimum Gasteiger partial charge on any atom is -0.399 e. The number of aromatic nitrogens is 2. The number of rotatable bonds is 6. The highest BCUT2D eigenvalue weighted by atomic mass is 35.5. The molecule has 0 radical (unpaired) electrons. The van der Waals surface area contributed by atoms with Crippen LogP contribution >= 0.6 is 11.6 Å². The van der Waals surface area contributed by atoms with Crippen LogP contribution in [0.15, 0.2) is 35.3 Å². The van der Waals surface area contributed by atoms with Gasteiger partial charge in [0.05, 0.1) is 11.9 Å². The molecule has 3 rings (SSSR count). The van der Waals surface area contributed by atoms with Crippen molar-refractivity contribution in [2.24, 2.45) is 23.2 Å². The van der Waals surface area contributed by atoms with E-state index < -0.39 is 5.56 Å². The number of nitrogens with two attached hydrogens (primary N) is 1. The van der Waals surface area contributed by atoms with Gasteiger partial charge in [-0.1, -0.05) is 58.4 Å². The fraction of sp³-hybridized carbons (Fsp3) is 0.542. The van der Waals surface area contributed by atoms with Crippen molar-refractivity contribution in [2.45, 2.75) is 60.2 Å². The predicted octanol–water partition coefficient (Wildman–Crippen LogP) is 3.91. The van der Waals surface area contributed by atoms with E-state index in [1.54, 1.807) is 18.3 Å². The molecule has 0 bridgehead atoms. The molecule has 0 saturated heterocycles. The molecule has 8 heteroatoms. The Hall–Kier alpha value is -2.54. The lowest BCUT2D eigenvalue weighted by Crippen LogP contribution is -2.48. The molecule has 0 unspecified atom stereocenters. The van der Waals surface area contributed by atoms with Gasteiger partial charge in [0.15, 0.2) is 0 Å². The van der Waals surface area contributed by atoms with Crippen molar-refractivity contribution >= 4 is 28.9 Å². The number of nitrogens with zero attached hydrogens (tertiary/aromatic N) is 2. The average molecular weight is 460 g/mol. The minimum atomic E-state index is -0.482. The van der Waals surface area contributed by atoms with Gasteiger partial charge in [-0.3, -0.25) is 9.59 Å². The second kappa shape index (κ2) is 9.53. The molecule has 1 fully saturated rings. The Morgan fingerprint density at radius 1 is 1.25 bits per heavy atom. The molecule has 4 N–H and O–H groups in total. The quantitative estimate of drug-likeness (QED) is 0.568. The van der Waals surface area contributed by atoms with E-state index in [0.29, 0.717) is 35.7 Å². The first-order chi connectivity index (χ1) is 15.0. The van der Waals surface area contributed by atoms with Gasteiger partial charge < -0.3 is 16.4 Å². The topological polar surface area (TPSA) is 102 Å². The highest BCUT2D eigenvalue weighted by molar-refractivity contribution is 6.32. The van der Waals surface area contributed by atoms with Crippen molar-refractivity contribution in [3.8, 4) is 0 Å². The summed E-state index contributed by atoms with van der Waals surface area (Å²) in [7, 11) is 0. The highest BCUT2D eigenvalue weighted by Gasteiger charge is 2.43. The molecule has 174 valence electrons. The van der Waals surface area contributed by atoms with Crippen molar-refractivity contribution in [2.75, 3.05) is 11.1 Å². The number of amides is 1. The molecule has 0 spiro atoms. The third-order valence-corrected chi connectivity index (χ3v) is 7.93. The van der Waals surface area contributed by atoms with E-state index in [0.717, 1.165) is 16.7 Å². The third kappa shape index (κ3) is 5.09. The monoisotopic (exact) mass is 459 g/mol. The lowest BCUT2D eigenvalue weighted by atomic mass is 9.58. The van der Waals surface area contributed by atoms with Crippen LogP contribution in [0, 0.1) is 23.2 Å². The highest BCUT2D eigenvalue weighted by Crippen LogP contribution is 2.48. The van der Waals surface area contributed by atoms with Crippen molar-refractivity contribution in [1.82, 2.24) is 15.1 Å². The smallest absolute Gasteiger partial charge is 0.288 e. The fourth-order valence-corrected chi connectivity index (χ4v) is 4.67. The molecule has 7 nitrogen and oxygen atoms in total. The number of hydrogen-bond acceptors (Lipinski definition) is 5. The Bertz CT molecular complexity index is 1020. The van der Waals surface area contributed by atoms with Gasteiger partial charge in [-0.2, -0.15) is 5.10 Å². The SMILES string of the molecule is C[C@@H]1[C@@H](C)C(C)(C)[C@@H](C)C[C@H]1Nc1cnn(CC(=O)NCc2ccc(N)cc2)c(=O)c1Cl. The van der Waals surface area contributed by atoms with E-state index in [4.69, 9.17) is 17.3 Å². The molecule has 2 aromatic rings. The van der Waals surface area contributed by atoms with Gasteiger partial charge in [-0.15, -0.1) is 0 Å². The Morgan fingerprint density at radius 3 is 2.56 bits per heavy atom. The lowest BCUT2D eigenvalue weighted by molar-refractivity contribution is -0.122. The number of hydrogen-bond donors (Lipinski definition) is 3. The van der Waals surface area contributed by atoms with Crippen LogP contribution in [0.1, 0.15) is 46.6 Å². The van der Waals surface area contributed by atoms with E-state index in [9.17, 15) is 9.59 Å². The molecule has 1 aromatic heterocycles. The third-order valence-electron chi connectivity index (χ3n) is 7.56. The summed E-state index contributed by atoms with van der Waals surface area (Å²) in [5, 5.41) is 10.5. The van der Waals surface area contributed by atoms with Gasteiger partial charge in [0.2, 0.25) is 5.91 Å². The van der Waals surface area contributed by atoms with Gasteiger partial charge in [-0.05, 0) is 47.3 Å². The van der Waals surface area contributed by atoms with Gasteiger partial charge >= 0.3 is 0 Å². The maximum atomic E-state index is 12.7. The van der Waals surface area contributed by atoms with Crippen LogP contribution in [0.2, 0.25) is 5.02 Å². The van der Waals surface area contributed by atoms with Crippen LogP contribution in [-0.2, 0) is 17.9 Å². The number of halogens is 1. The van der Waals surface area contributed by atoms with Crippen LogP contribution < -0.4 is 21.9 Å². The van der Waals surface area contributed by atoms with Crippen LogP contribution in [0.25, 0.3) is 0 Å². The summed E-state index contributed by atoms with van der Waals surface area (Å²) in [5.41, 5.74) is 7.54.